The molecule has 1 aromatic heterocycles. The second kappa shape index (κ2) is 7.77. The topological polar surface area (TPSA) is 77.3 Å². The first-order valence-corrected chi connectivity index (χ1v) is 7.88. The molecule has 0 fully saturated rings. The normalized spacial score (nSPS) is 12.0. The number of ether oxygens (including phenoxy) is 1. The molecule has 0 aliphatic rings. The molecule has 24 heavy (non-hydrogen) atoms. The van der Waals surface area contributed by atoms with E-state index in [1.165, 1.54) is 0 Å². The van der Waals surface area contributed by atoms with Gasteiger partial charge in [0.1, 0.15) is 11.8 Å². The number of methoxy groups -OCH3 is 1. The smallest absolute Gasteiger partial charge is 0.251 e. The zero-order chi connectivity index (χ0) is 17.7. The number of nitrogens with one attached hydrogen (secondary N) is 1. The van der Waals surface area contributed by atoms with E-state index in [2.05, 4.69) is 22.0 Å². The third kappa shape index (κ3) is 4.01. The number of carbonyl (C=O) groups excluding carboxylic acids is 1. The molecule has 128 valence electrons. The zero-order valence-corrected chi connectivity index (χ0v) is 14.5. The maximum Gasteiger partial charge on any atom is 0.251 e. The zero-order valence-electron chi connectivity index (χ0n) is 14.5. The minimum absolute atomic E-state index is 0.174. The molecule has 1 heterocycles. The van der Waals surface area contributed by atoms with E-state index >= 15 is 0 Å². The molecule has 0 bridgehead atoms. The van der Waals surface area contributed by atoms with Crippen LogP contribution in [0.3, 0.4) is 0 Å². The number of hydrogen-bond acceptors (Lipinski definition) is 5. The average Bonchev–Trinajstić information content (AvgIpc) is 3.05. The van der Waals surface area contributed by atoms with E-state index in [4.69, 9.17) is 9.26 Å². The predicted molar refractivity (Wildman–Crippen MR) is 91.2 cm³/mol. The van der Waals surface area contributed by atoms with Gasteiger partial charge in [0.05, 0.1) is 7.11 Å². The Morgan fingerprint density at radius 3 is 2.75 bits per heavy atom. The van der Waals surface area contributed by atoms with E-state index in [-0.39, 0.29) is 17.9 Å². The fourth-order valence-electron chi connectivity index (χ4n) is 2.23. The maximum absolute atomic E-state index is 12.5. The molecule has 0 saturated heterocycles. The van der Waals surface area contributed by atoms with Gasteiger partial charge in [0.25, 0.3) is 5.91 Å². The summed E-state index contributed by atoms with van der Waals surface area (Å²) in [4.78, 5) is 16.8. The molecule has 2 aromatic rings. The highest BCUT2D eigenvalue weighted by atomic mass is 16.5. The summed E-state index contributed by atoms with van der Waals surface area (Å²) in [6.07, 6.45) is 2.40. The summed E-state index contributed by atoms with van der Waals surface area (Å²) in [5, 5.41) is 6.78. The van der Waals surface area contributed by atoms with Crippen LogP contribution in [0.1, 0.15) is 60.4 Å². The van der Waals surface area contributed by atoms with E-state index in [9.17, 15) is 4.79 Å². The highest BCUT2D eigenvalue weighted by molar-refractivity contribution is 5.94. The van der Waals surface area contributed by atoms with E-state index in [0.29, 0.717) is 23.7 Å². The van der Waals surface area contributed by atoms with E-state index < -0.39 is 0 Å². The van der Waals surface area contributed by atoms with Crippen molar-refractivity contribution in [1.29, 1.82) is 0 Å². The van der Waals surface area contributed by atoms with Crippen LogP contribution in [0.2, 0.25) is 0 Å². The number of allylic oxidation sites excluding steroid dienone is 1. The van der Waals surface area contributed by atoms with Crippen molar-refractivity contribution in [1.82, 2.24) is 15.5 Å². The minimum Gasteiger partial charge on any atom is -0.496 e. The van der Waals surface area contributed by atoms with Crippen LogP contribution in [0, 0.1) is 0 Å². The summed E-state index contributed by atoms with van der Waals surface area (Å²) >= 11 is 0. The Morgan fingerprint density at radius 1 is 1.42 bits per heavy atom. The molecule has 1 N–H and O–H groups in total. The molecule has 0 aliphatic carbocycles. The van der Waals surface area contributed by atoms with Crippen LogP contribution in [-0.4, -0.2) is 23.2 Å². The van der Waals surface area contributed by atoms with Crippen LogP contribution in [0.25, 0.3) is 0 Å². The lowest BCUT2D eigenvalue weighted by atomic mass is 10.1. The number of amides is 1. The first kappa shape index (κ1) is 17.7. The molecule has 0 radical (unpaired) electrons. The molecule has 0 saturated carbocycles. The van der Waals surface area contributed by atoms with Gasteiger partial charge in [0.2, 0.25) is 5.89 Å². The highest BCUT2D eigenvalue weighted by Crippen LogP contribution is 2.21. The standard InChI is InChI=1S/C18H23N3O3/c1-6-7-13-10-14(8-9-15(13)23-5)17(22)19-12(4)18-20-16(11(2)3)21-24-18/h6,8-12H,1,7H2,2-5H3,(H,19,22)/t12-/m0/s1. The number of benzene rings is 1. The van der Waals surface area contributed by atoms with Gasteiger partial charge >= 0.3 is 0 Å². The molecule has 6 heteroatoms. The van der Waals surface area contributed by atoms with Gasteiger partial charge in [0.15, 0.2) is 5.82 Å². The lowest BCUT2D eigenvalue weighted by Gasteiger charge is -2.12. The van der Waals surface area contributed by atoms with Crippen LogP contribution < -0.4 is 10.1 Å². The summed E-state index contributed by atoms with van der Waals surface area (Å²) in [6, 6.07) is 4.93. The average molecular weight is 329 g/mol. The summed E-state index contributed by atoms with van der Waals surface area (Å²) in [5.74, 6) is 1.72. The van der Waals surface area contributed by atoms with E-state index in [0.717, 1.165) is 11.3 Å². The minimum atomic E-state index is -0.373. The van der Waals surface area contributed by atoms with Gasteiger partial charge in [0, 0.05) is 11.5 Å². The molecular weight excluding hydrogens is 306 g/mol. The lowest BCUT2D eigenvalue weighted by molar-refractivity contribution is 0.0932. The quantitative estimate of drug-likeness (QED) is 0.788. The summed E-state index contributed by atoms with van der Waals surface area (Å²) in [5.41, 5.74) is 1.45. The third-order valence-electron chi connectivity index (χ3n) is 3.60. The van der Waals surface area contributed by atoms with Crippen molar-refractivity contribution in [3.05, 3.63) is 53.7 Å². The van der Waals surface area contributed by atoms with Gasteiger partial charge < -0.3 is 14.6 Å². The number of carbonyl (C=O) groups is 1. The van der Waals surface area contributed by atoms with Crippen LogP contribution in [0.5, 0.6) is 5.75 Å². The molecule has 0 aliphatic heterocycles. The Bertz CT molecular complexity index is 722. The molecule has 0 unspecified atom stereocenters. The Kier molecular flexibility index (Phi) is 5.73. The van der Waals surface area contributed by atoms with Crippen LogP contribution in [0.15, 0.2) is 35.4 Å². The number of aromatic nitrogens is 2. The van der Waals surface area contributed by atoms with E-state index in [1.54, 1.807) is 31.4 Å². The van der Waals surface area contributed by atoms with Gasteiger partial charge in [-0.25, -0.2) is 0 Å². The second-order valence-corrected chi connectivity index (χ2v) is 5.86. The second-order valence-electron chi connectivity index (χ2n) is 5.86. The van der Waals surface area contributed by atoms with Gasteiger partial charge in [-0.15, -0.1) is 6.58 Å². The molecular formula is C18H23N3O3. The Morgan fingerprint density at radius 2 is 2.17 bits per heavy atom. The molecule has 0 spiro atoms. The van der Waals surface area contributed by atoms with Crippen molar-refractivity contribution in [3.8, 4) is 5.75 Å². The molecule has 6 nitrogen and oxygen atoms in total. The van der Waals surface area contributed by atoms with Gasteiger partial charge in [-0.05, 0) is 37.1 Å². The fourth-order valence-corrected chi connectivity index (χ4v) is 2.23. The fraction of sp³-hybridized carbons (Fsp3) is 0.389. The number of rotatable bonds is 7. The van der Waals surface area contributed by atoms with Crippen molar-refractivity contribution < 1.29 is 14.1 Å². The van der Waals surface area contributed by atoms with Crippen molar-refractivity contribution in [2.75, 3.05) is 7.11 Å². The maximum atomic E-state index is 12.5. The summed E-state index contributed by atoms with van der Waals surface area (Å²) < 4.78 is 10.5. The van der Waals surface area contributed by atoms with Crippen molar-refractivity contribution in [2.24, 2.45) is 0 Å². The Hall–Kier alpha value is -2.63. The molecule has 1 atom stereocenters. The molecule has 1 amide bonds. The Balaban J connectivity index is 2.13. The van der Waals surface area contributed by atoms with Gasteiger partial charge in [-0.1, -0.05) is 25.1 Å². The van der Waals surface area contributed by atoms with Crippen molar-refractivity contribution >= 4 is 5.91 Å². The van der Waals surface area contributed by atoms with Crippen LogP contribution in [-0.2, 0) is 6.42 Å². The molecule has 1 aromatic carbocycles. The number of hydrogen-bond donors (Lipinski definition) is 1. The van der Waals surface area contributed by atoms with E-state index in [1.807, 2.05) is 20.8 Å². The predicted octanol–water partition coefficient (Wildman–Crippen LogP) is 3.42. The number of nitrogens with zero attached hydrogens (tertiary/aromatic N) is 2. The van der Waals surface area contributed by atoms with Crippen LogP contribution >= 0.6 is 0 Å². The highest BCUT2D eigenvalue weighted by Gasteiger charge is 2.19. The van der Waals surface area contributed by atoms with Crippen molar-refractivity contribution in [2.45, 2.75) is 39.2 Å². The van der Waals surface area contributed by atoms with Gasteiger partial charge in [-0.3, -0.25) is 4.79 Å². The Labute approximate surface area is 141 Å². The van der Waals surface area contributed by atoms with Gasteiger partial charge in [-0.2, -0.15) is 4.98 Å². The van der Waals surface area contributed by atoms with Crippen molar-refractivity contribution in [3.63, 3.8) is 0 Å². The largest absolute Gasteiger partial charge is 0.496 e. The lowest BCUT2D eigenvalue weighted by Crippen LogP contribution is -2.27. The third-order valence-corrected chi connectivity index (χ3v) is 3.60. The van der Waals surface area contributed by atoms with Crippen LogP contribution in [0.4, 0.5) is 0 Å². The summed E-state index contributed by atoms with van der Waals surface area (Å²) in [6.45, 7) is 9.50. The molecule has 2 rings (SSSR count). The first-order chi connectivity index (χ1) is 11.5. The summed E-state index contributed by atoms with van der Waals surface area (Å²) in [7, 11) is 1.60. The SMILES string of the molecule is C=CCc1cc(C(=O)N[C@@H](C)c2nc(C(C)C)no2)ccc1OC. The monoisotopic (exact) mass is 329 g/mol. The first-order valence-electron chi connectivity index (χ1n) is 7.88.